The third-order valence-electron chi connectivity index (χ3n) is 3.89. The van der Waals surface area contributed by atoms with Gasteiger partial charge in [0.15, 0.2) is 4.34 Å². The van der Waals surface area contributed by atoms with Crippen LogP contribution < -0.4 is 5.32 Å². The van der Waals surface area contributed by atoms with E-state index in [0.717, 1.165) is 20.7 Å². The minimum Gasteiger partial charge on any atom is -0.340 e. The van der Waals surface area contributed by atoms with E-state index in [1.165, 1.54) is 33.5 Å². The number of hydrogen-bond acceptors (Lipinski definition) is 7. The van der Waals surface area contributed by atoms with Crippen molar-refractivity contribution >= 4 is 51.2 Å². The molecule has 1 aromatic carbocycles. The maximum Gasteiger partial charge on any atom is 0.233 e. The van der Waals surface area contributed by atoms with Gasteiger partial charge in [-0.25, -0.2) is 0 Å². The smallest absolute Gasteiger partial charge is 0.233 e. The Hall–Kier alpha value is -1.90. The fourth-order valence-corrected chi connectivity index (χ4v) is 4.91. The number of benzene rings is 1. The molecule has 136 valence electrons. The highest BCUT2D eigenvalue weighted by molar-refractivity contribution is 8.01. The van der Waals surface area contributed by atoms with Crippen LogP contribution in [-0.4, -0.2) is 33.8 Å². The molecular formula is C18H20N4OS3. The maximum absolute atomic E-state index is 12.3. The highest BCUT2D eigenvalue weighted by atomic mass is 32.2. The molecule has 1 amide bonds. The quantitative estimate of drug-likeness (QED) is 0.578. The number of para-hydroxylation sites is 1. The van der Waals surface area contributed by atoms with Gasteiger partial charge in [0, 0.05) is 17.6 Å². The zero-order valence-corrected chi connectivity index (χ0v) is 17.3. The number of carbonyl (C=O) groups is 1. The van der Waals surface area contributed by atoms with Crippen molar-refractivity contribution in [3.8, 4) is 0 Å². The first-order valence-corrected chi connectivity index (χ1v) is 10.8. The van der Waals surface area contributed by atoms with Crippen molar-refractivity contribution in [3.63, 3.8) is 0 Å². The number of nitrogens with one attached hydrogen (secondary N) is 1. The Morgan fingerprint density at radius 1 is 1.19 bits per heavy atom. The maximum atomic E-state index is 12.3. The molecule has 5 nitrogen and oxygen atoms in total. The number of hydrogen-bond donors (Lipinski definition) is 1. The summed E-state index contributed by atoms with van der Waals surface area (Å²) in [6.07, 6.45) is 0. The second-order valence-electron chi connectivity index (χ2n) is 5.88. The van der Waals surface area contributed by atoms with E-state index < -0.39 is 0 Å². The van der Waals surface area contributed by atoms with Gasteiger partial charge in [-0.1, -0.05) is 41.3 Å². The molecule has 0 unspecified atom stereocenters. The first-order chi connectivity index (χ1) is 12.5. The number of thiophene rings is 1. The number of aromatic nitrogens is 2. The molecule has 26 heavy (non-hydrogen) atoms. The molecule has 1 N–H and O–H groups in total. The third-order valence-corrected chi connectivity index (χ3v) is 6.85. The molecule has 0 aliphatic rings. The number of rotatable bonds is 7. The Morgan fingerprint density at radius 3 is 2.73 bits per heavy atom. The standard InChI is InChI=1S/C18H20N4OS3/c1-12-6-4-5-7-14(12)19-17-20-21-18(26-17)25-11-16(23)22(3)10-15-13(2)8-9-24-15/h4-9H,10-11H2,1-3H3,(H,19,20). The predicted octanol–water partition coefficient (Wildman–Crippen LogP) is 4.71. The van der Waals surface area contributed by atoms with Crippen molar-refractivity contribution in [2.75, 3.05) is 18.1 Å². The summed E-state index contributed by atoms with van der Waals surface area (Å²) >= 11 is 4.57. The van der Waals surface area contributed by atoms with E-state index in [2.05, 4.69) is 33.9 Å². The first kappa shape index (κ1) is 18.9. The van der Waals surface area contributed by atoms with Crippen molar-refractivity contribution in [1.82, 2.24) is 15.1 Å². The molecule has 0 bridgehead atoms. The van der Waals surface area contributed by atoms with Crippen molar-refractivity contribution in [3.05, 3.63) is 51.7 Å². The fraction of sp³-hybridized carbons (Fsp3) is 0.278. The van der Waals surface area contributed by atoms with E-state index in [1.807, 2.05) is 38.2 Å². The zero-order valence-electron chi connectivity index (χ0n) is 14.9. The lowest BCUT2D eigenvalue weighted by molar-refractivity contribution is -0.127. The monoisotopic (exact) mass is 404 g/mol. The van der Waals surface area contributed by atoms with Gasteiger partial charge in [0.2, 0.25) is 11.0 Å². The molecule has 8 heteroatoms. The van der Waals surface area contributed by atoms with Crippen LogP contribution in [0.3, 0.4) is 0 Å². The van der Waals surface area contributed by atoms with E-state index in [4.69, 9.17) is 0 Å². The average molecular weight is 405 g/mol. The fourth-order valence-electron chi connectivity index (χ4n) is 2.25. The van der Waals surface area contributed by atoms with Crippen LogP contribution in [0.25, 0.3) is 0 Å². The second kappa shape index (κ2) is 8.66. The molecule has 3 rings (SSSR count). The Bertz CT molecular complexity index is 890. The summed E-state index contributed by atoms with van der Waals surface area (Å²) < 4.78 is 0.787. The van der Waals surface area contributed by atoms with Gasteiger partial charge in [-0.3, -0.25) is 4.79 Å². The minimum absolute atomic E-state index is 0.0893. The number of aryl methyl sites for hydroxylation is 2. The van der Waals surface area contributed by atoms with Gasteiger partial charge >= 0.3 is 0 Å². The van der Waals surface area contributed by atoms with Crippen LogP contribution in [0.5, 0.6) is 0 Å². The van der Waals surface area contributed by atoms with E-state index in [9.17, 15) is 4.79 Å². The van der Waals surface area contributed by atoms with E-state index in [0.29, 0.717) is 12.3 Å². The molecule has 0 spiro atoms. The summed E-state index contributed by atoms with van der Waals surface area (Å²) in [5.41, 5.74) is 3.40. The summed E-state index contributed by atoms with van der Waals surface area (Å²) in [6, 6.07) is 10.1. The largest absolute Gasteiger partial charge is 0.340 e. The number of amides is 1. The third kappa shape index (κ3) is 4.84. The van der Waals surface area contributed by atoms with Crippen LogP contribution in [0.2, 0.25) is 0 Å². The molecule has 0 radical (unpaired) electrons. The number of thioether (sulfide) groups is 1. The van der Waals surface area contributed by atoms with Crippen molar-refractivity contribution in [2.24, 2.45) is 0 Å². The lowest BCUT2D eigenvalue weighted by Crippen LogP contribution is -2.27. The molecule has 2 aromatic heterocycles. The number of carbonyl (C=O) groups excluding carboxylic acids is 1. The van der Waals surface area contributed by atoms with Gasteiger partial charge < -0.3 is 10.2 Å². The van der Waals surface area contributed by atoms with Gasteiger partial charge in [-0.05, 0) is 42.5 Å². The van der Waals surface area contributed by atoms with Crippen LogP contribution >= 0.6 is 34.4 Å². The summed E-state index contributed by atoms with van der Waals surface area (Å²) in [5.74, 6) is 0.450. The van der Waals surface area contributed by atoms with Crippen LogP contribution in [0.1, 0.15) is 16.0 Å². The highest BCUT2D eigenvalue weighted by Gasteiger charge is 2.14. The Kier molecular flexibility index (Phi) is 6.29. The van der Waals surface area contributed by atoms with Crippen molar-refractivity contribution < 1.29 is 4.79 Å². The SMILES string of the molecule is Cc1ccccc1Nc1nnc(SCC(=O)N(C)Cc2sccc2C)s1. The highest BCUT2D eigenvalue weighted by Crippen LogP contribution is 2.29. The van der Waals surface area contributed by atoms with E-state index >= 15 is 0 Å². The van der Waals surface area contributed by atoms with Crippen molar-refractivity contribution in [2.45, 2.75) is 24.7 Å². The van der Waals surface area contributed by atoms with Crippen molar-refractivity contribution in [1.29, 1.82) is 0 Å². The first-order valence-electron chi connectivity index (χ1n) is 8.09. The number of anilines is 2. The number of nitrogens with zero attached hydrogens (tertiary/aromatic N) is 3. The average Bonchev–Trinajstić information content (AvgIpc) is 3.24. The van der Waals surface area contributed by atoms with Gasteiger partial charge in [-0.15, -0.1) is 21.5 Å². The summed E-state index contributed by atoms with van der Waals surface area (Å²) in [7, 11) is 1.84. The predicted molar refractivity (Wildman–Crippen MR) is 111 cm³/mol. The second-order valence-corrected chi connectivity index (χ2v) is 9.08. The molecule has 0 saturated heterocycles. The Morgan fingerprint density at radius 2 is 2.00 bits per heavy atom. The molecule has 2 heterocycles. The lowest BCUT2D eigenvalue weighted by atomic mass is 10.2. The van der Waals surface area contributed by atoms with E-state index in [-0.39, 0.29) is 5.91 Å². The lowest BCUT2D eigenvalue weighted by Gasteiger charge is -2.16. The summed E-state index contributed by atoms with van der Waals surface area (Å²) in [4.78, 5) is 15.3. The molecule has 0 fully saturated rings. The molecule has 0 saturated carbocycles. The normalized spacial score (nSPS) is 10.7. The molecule has 3 aromatic rings. The van der Waals surface area contributed by atoms with Gasteiger partial charge in [0.1, 0.15) is 0 Å². The Balaban J connectivity index is 1.52. The summed E-state index contributed by atoms with van der Waals surface area (Å²) in [5, 5.41) is 14.4. The van der Waals surface area contributed by atoms with Gasteiger partial charge in [-0.2, -0.15) is 0 Å². The molecular weight excluding hydrogens is 384 g/mol. The Labute approximate surface area is 165 Å². The van der Waals surface area contributed by atoms with Crippen LogP contribution in [0.15, 0.2) is 40.1 Å². The molecule has 0 aliphatic heterocycles. The van der Waals surface area contributed by atoms with Crippen LogP contribution in [0.4, 0.5) is 10.8 Å². The molecule has 0 atom stereocenters. The van der Waals surface area contributed by atoms with Crippen LogP contribution in [-0.2, 0) is 11.3 Å². The molecule has 0 aliphatic carbocycles. The van der Waals surface area contributed by atoms with Gasteiger partial charge in [0.05, 0.1) is 12.3 Å². The minimum atomic E-state index is 0.0893. The topological polar surface area (TPSA) is 58.1 Å². The summed E-state index contributed by atoms with van der Waals surface area (Å²) in [6.45, 7) is 4.77. The van der Waals surface area contributed by atoms with Gasteiger partial charge in [0.25, 0.3) is 0 Å². The zero-order chi connectivity index (χ0) is 18.5. The van der Waals surface area contributed by atoms with E-state index in [1.54, 1.807) is 16.2 Å². The van der Waals surface area contributed by atoms with Crippen LogP contribution in [0, 0.1) is 13.8 Å².